The molecule has 0 spiro atoms. The minimum atomic E-state index is 0.809. The van der Waals surface area contributed by atoms with E-state index in [1.165, 1.54) is 14.9 Å². The van der Waals surface area contributed by atoms with Crippen LogP contribution >= 0.6 is 27.3 Å². The van der Waals surface area contributed by atoms with Crippen molar-refractivity contribution in [3.8, 4) is 0 Å². The summed E-state index contributed by atoms with van der Waals surface area (Å²) in [5.74, 6) is 2.08. The molecule has 2 rings (SSSR count). The highest BCUT2D eigenvalue weighted by Gasteiger charge is 2.10. The summed E-state index contributed by atoms with van der Waals surface area (Å²) in [5, 5.41) is 5.49. The van der Waals surface area contributed by atoms with Crippen LogP contribution in [0.25, 0.3) is 0 Å². The number of hydrogen-bond donors (Lipinski definition) is 1. The van der Waals surface area contributed by atoms with Crippen molar-refractivity contribution in [2.45, 2.75) is 33.5 Å². The molecule has 0 aliphatic heterocycles. The van der Waals surface area contributed by atoms with Gasteiger partial charge in [-0.2, -0.15) is 0 Å². The lowest BCUT2D eigenvalue weighted by Crippen LogP contribution is -2.16. The molecule has 2 aromatic heterocycles. The second kappa shape index (κ2) is 7.41. The van der Waals surface area contributed by atoms with Crippen molar-refractivity contribution in [2.75, 3.05) is 13.6 Å². The summed E-state index contributed by atoms with van der Waals surface area (Å²) in [5.41, 5.74) is 2.56. The van der Waals surface area contributed by atoms with Gasteiger partial charge in [0, 0.05) is 6.54 Å². The largest absolute Gasteiger partial charge is 0.463 e. The van der Waals surface area contributed by atoms with Crippen molar-refractivity contribution in [3.63, 3.8) is 0 Å². The third-order valence-corrected chi connectivity index (χ3v) is 4.66. The predicted octanol–water partition coefficient (Wildman–Crippen LogP) is 4.15. The normalized spacial score (nSPS) is 11.4. The van der Waals surface area contributed by atoms with Crippen LogP contribution in [0.3, 0.4) is 0 Å². The maximum atomic E-state index is 5.92. The molecular formula is C15H21BrN2OS. The van der Waals surface area contributed by atoms with Crippen molar-refractivity contribution < 1.29 is 4.42 Å². The van der Waals surface area contributed by atoms with E-state index in [-0.39, 0.29) is 0 Å². The average molecular weight is 357 g/mol. The van der Waals surface area contributed by atoms with Gasteiger partial charge in [-0.15, -0.1) is 11.3 Å². The molecule has 3 nitrogen and oxygen atoms in total. The Kier molecular flexibility index (Phi) is 5.84. The van der Waals surface area contributed by atoms with Crippen molar-refractivity contribution in [1.29, 1.82) is 0 Å². The molecule has 0 atom stereocenters. The highest BCUT2D eigenvalue weighted by Crippen LogP contribution is 2.22. The smallest absolute Gasteiger partial charge is 0.120 e. The van der Waals surface area contributed by atoms with E-state index in [4.69, 9.17) is 4.42 Å². The molecule has 1 N–H and O–H groups in total. The molecule has 0 saturated carbocycles. The van der Waals surface area contributed by atoms with E-state index in [2.05, 4.69) is 64.6 Å². The highest BCUT2D eigenvalue weighted by molar-refractivity contribution is 9.11. The van der Waals surface area contributed by atoms with Gasteiger partial charge in [-0.25, -0.2) is 0 Å². The second-order valence-corrected chi connectivity index (χ2v) is 7.32. The lowest BCUT2D eigenvalue weighted by atomic mass is 10.2. The molecule has 2 aromatic rings. The van der Waals surface area contributed by atoms with E-state index in [1.54, 1.807) is 11.3 Å². The Morgan fingerprint density at radius 2 is 2.15 bits per heavy atom. The number of nitrogens with one attached hydrogen (secondary N) is 1. The monoisotopic (exact) mass is 356 g/mol. The maximum absolute atomic E-state index is 5.92. The molecule has 0 fully saturated rings. The zero-order valence-electron chi connectivity index (χ0n) is 12.2. The topological polar surface area (TPSA) is 28.4 Å². The molecule has 0 aliphatic rings. The summed E-state index contributed by atoms with van der Waals surface area (Å²) in [6.45, 7) is 7.75. The van der Waals surface area contributed by atoms with Crippen LogP contribution in [0.15, 0.2) is 25.7 Å². The minimum Gasteiger partial charge on any atom is -0.463 e. The van der Waals surface area contributed by atoms with Gasteiger partial charge in [-0.05, 0) is 65.1 Å². The molecule has 110 valence electrons. The van der Waals surface area contributed by atoms with Crippen LogP contribution in [-0.2, 0) is 19.6 Å². The number of rotatable bonds is 7. The fourth-order valence-corrected chi connectivity index (χ4v) is 3.34. The quantitative estimate of drug-likeness (QED) is 0.807. The van der Waals surface area contributed by atoms with E-state index < -0.39 is 0 Å². The van der Waals surface area contributed by atoms with Gasteiger partial charge in [0.15, 0.2) is 0 Å². The predicted molar refractivity (Wildman–Crippen MR) is 88.0 cm³/mol. The zero-order chi connectivity index (χ0) is 14.5. The summed E-state index contributed by atoms with van der Waals surface area (Å²) >= 11 is 5.23. The third-order valence-electron chi connectivity index (χ3n) is 3.11. The highest BCUT2D eigenvalue weighted by atomic mass is 79.9. The number of aryl methyl sites for hydroxylation is 1. The molecule has 0 aliphatic carbocycles. The third kappa shape index (κ3) is 4.45. The molecule has 5 heteroatoms. The minimum absolute atomic E-state index is 0.809. The fraction of sp³-hybridized carbons (Fsp3) is 0.467. The molecular weight excluding hydrogens is 336 g/mol. The van der Waals surface area contributed by atoms with Crippen LogP contribution in [0.2, 0.25) is 0 Å². The molecule has 0 aromatic carbocycles. The number of nitrogens with zero attached hydrogens (tertiary/aromatic N) is 1. The van der Waals surface area contributed by atoms with Crippen LogP contribution in [0, 0.1) is 6.92 Å². The first-order valence-corrected chi connectivity index (χ1v) is 8.46. The van der Waals surface area contributed by atoms with Crippen LogP contribution in [0.4, 0.5) is 0 Å². The van der Waals surface area contributed by atoms with Gasteiger partial charge >= 0.3 is 0 Å². The van der Waals surface area contributed by atoms with Crippen molar-refractivity contribution in [2.24, 2.45) is 0 Å². The van der Waals surface area contributed by atoms with Crippen molar-refractivity contribution in [3.05, 3.63) is 43.9 Å². The van der Waals surface area contributed by atoms with E-state index in [1.807, 2.05) is 0 Å². The first-order valence-electron chi connectivity index (χ1n) is 6.78. The summed E-state index contributed by atoms with van der Waals surface area (Å²) < 4.78 is 7.10. The number of furan rings is 1. The van der Waals surface area contributed by atoms with Gasteiger partial charge in [0.25, 0.3) is 0 Å². The Bertz CT molecular complexity index is 550. The number of hydrogen-bond acceptors (Lipinski definition) is 4. The molecule has 2 heterocycles. The van der Waals surface area contributed by atoms with E-state index in [0.717, 1.165) is 37.7 Å². The Labute approximate surface area is 133 Å². The Balaban J connectivity index is 1.92. The molecule has 0 radical (unpaired) electrons. The molecule has 20 heavy (non-hydrogen) atoms. The Hall–Kier alpha value is -0.620. The summed E-state index contributed by atoms with van der Waals surface area (Å²) in [6, 6.07) is 4.32. The molecule has 0 bridgehead atoms. The van der Waals surface area contributed by atoms with Crippen LogP contribution in [0.1, 0.15) is 29.6 Å². The summed E-state index contributed by atoms with van der Waals surface area (Å²) in [6.07, 6.45) is 0. The van der Waals surface area contributed by atoms with Gasteiger partial charge in [-0.1, -0.05) is 6.92 Å². The van der Waals surface area contributed by atoms with E-state index in [9.17, 15) is 0 Å². The SMILES string of the molecule is CCNCc1oc(CN(C)Cc2csc(Br)c2)cc1C. The Morgan fingerprint density at radius 3 is 2.80 bits per heavy atom. The van der Waals surface area contributed by atoms with Gasteiger partial charge in [-0.3, -0.25) is 4.90 Å². The molecule has 0 amide bonds. The summed E-state index contributed by atoms with van der Waals surface area (Å²) in [4.78, 5) is 2.27. The van der Waals surface area contributed by atoms with Crippen molar-refractivity contribution in [1.82, 2.24) is 10.2 Å². The first-order chi connectivity index (χ1) is 9.58. The average Bonchev–Trinajstić information content (AvgIpc) is 2.93. The van der Waals surface area contributed by atoms with Crippen LogP contribution in [0.5, 0.6) is 0 Å². The lowest BCUT2D eigenvalue weighted by molar-refractivity contribution is 0.283. The van der Waals surface area contributed by atoms with Gasteiger partial charge in [0.1, 0.15) is 11.5 Å². The summed E-state index contributed by atoms with van der Waals surface area (Å²) in [7, 11) is 2.12. The fourth-order valence-electron chi connectivity index (χ4n) is 2.14. The molecule has 0 unspecified atom stereocenters. The maximum Gasteiger partial charge on any atom is 0.120 e. The second-order valence-electron chi connectivity index (χ2n) is 5.03. The lowest BCUT2D eigenvalue weighted by Gasteiger charge is -2.13. The number of halogens is 1. The van der Waals surface area contributed by atoms with Crippen molar-refractivity contribution >= 4 is 27.3 Å². The molecule has 0 saturated heterocycles. The van der Waals surface area contributed by atoms with E-state index in [0.29, 0.717) is 0 Å². The number of thiophene rings is 1. The zero-order valence-corrected chi connectivity index (χ0v) is 14.6. The van der Waals surface area contributed by atoms with Crippen LogP contribution < -0.4 is 5.32 Å². The van der Waals surface area contributed by atoms with Gasteiger partial charge in [0.05, 0.1) is 16.9 Å². The van der Waals surface area contributed by atoms with Gasteiger partial charge in [0.2, 0.25) is 0 Å². The van der Waals surface area contributed by atoms with Gasteiger partial charge < -0.3 is 9.73 Å². The first kappa shape index (κ1) is 15.8. The Morgan fingerprint density at radius 1 is 1.35 bits per heavy atom. The van der Waals surface area contributed by atoms with Crippen LogP contribution in [-0.4, -0.2) is 18.5 Å². The van der Waals surface area contributed by atoms with E-state index >= 15 is 0 Å². The standard InChI is InChI=1S/C15H21BrN2OS/c1-4-17-7-14-11(2)5-13(19-14)9-18(3)8-12-6-15(16)20-10-12/h5-6,10,17H,4,7-9H2,1-3H3.